The highest BCUT2D eigenvalue weighted by Gasteiger charge is 2.54. The summed E-state index contributed by atoms with van der Waals surface area (Å²) >= 11 is 0. The number of nitrogens with two attached hydrogens (primary N) is 2. The molecule has 6 unspecified atom stereocenters. The van der Waals surface area contributed by atoms with Crippen LogP contribution >= 0.6 is 31.3 Å². The minimum Gasteiger partial charge on any atom is -0.387 e. The van der Waals surface area contributed by atoms with Crippen molar-refractivity contribution in [3.63, 3.8) is 0 Å². The summed E-state index contributed by atoms with van der Waals surface area (Å²) in [5, 5.41) is 32.9. The van der Waals surface area contributed by atoms with Gasteiger partial charge >= 0.3 is 42.6 Å². The first kappa shape index (κ1) is 60.0. The first-order chi connectivity index (χ1) is 37.1. The number of methoxy groups -OCH3 is 1. The number of aromatic amines is 2. The molecule has 3 fully saturated rings. The number of aromatic nitrogens is 10. The number of anilines is 2. The zero-order chi connectivity index (χ0) is 57.7. The Labute approximate surface area is 441 Å². The van der Waals surface area contributed by atoms with Crippen LogP contribution in [0.3, 0.4) is 0 Å². The molecule has 8 rings (SSSR count). The van der Waals surface area contributed by atoms with E-state index in [9.17, 15) is 72.3 Å². The number of rotatable bonds is 23. The second-order valence-corrected chi connectivity index (χ2v) is 23.7. The van der Waals surface area contributed by atoms with Crippen LogP contribution < -0.4 is 32.8 Å². The van der Waals surface area contributed by atoms with Gasteiger partial charge in [0, 0.05) is 44.8 Å². The fourth-order valence-electron chi connectivity index (χ4n) is 9.03. The van der Waals surface area contributed by atoms with Gasteiger partial charge in [-0.15, -0.1) is 0 Å². The number of amides is 1. The van der Waals surface area contributed by atoms with Crippen molar-refractivity contribution in [2.45, 2.75) is 87.8 Å². The Hall–Kier alpha value is -5.11. The Balaban J connectivity index is 0.956. The van der Waals surface area contributed by atoms with Gasteiger partial charge in [-0.3, -0.25) is 56.1 Å². The predicted octanol–water partition coefficient (Wildman–Crippen LogP) is -3.36. The zero-order valence-electron chi connectivity index (χ0n) is 41.5. The number of imidazole rings is 2. The van der Waals surface area contributed by atoms with Gasteiger partial charge in [-0.1, -0.05) is 4.98 Å². The highest BCUT2D eigenvalue weighted by molar-refractivity contribution is 7.66. The van der Waals surface area contributed by atoms with Gasteiger partial charge in [0.15, 0.2) is 30.2 Å². The van der Waals surface area contributed by atoms with Crippen molar-refractivity contribution in [3.8, 4) is 0 Å². The van der Waals surface area contributed by atoms with E-state index in [0.717, 1.165) is 36.6 Å². The molecule has 8 heterocycles. The van der Waals surface area contributed by atoms with E-state index in [4.69, 9.17) is 48.5 Å². The number of aliphatic hydroxyl groups is 3. The molecule has 0 aliphatic carbocycles. The smallest absolute Gasteiger partial charge is 0.387 e. The number of phosphoric acid groups is 4. The lowest BCUT2D eigenvalue weighted by Gasteiger charge is -2.26. The van der Waals surface area contributed by atoms with Gasteiger partial charge < -0.3 is 70.2 Å². The summed E-state index contributed by atoms with van der Waals surface area (Å²) in [5.74, 6) is -2.12. The van der Waals surface area contributed by atoms with Crippen LogP contribution in [0.25, 0.3) is 22.3 Å². The lowest BCUT2D eigenvalue weighted by Crippen LogP contribution is -2.45. The van der Waals surface area contributed by atoms with Crippen molar-refractivity contribution in [2.24, 2.45) is 13.0 Å². The van der Waals surface area contributed by atoms with Crippen LogP contribution in [0.2, 0.25) is 0 Å². The molecular weight excluding hydrogens is 1150 g/mol. The summed E-state index contributed by atoms with van der Waals surface area (Å²) in [4.78, 5) is 115. The molecule has 13 N–H and O–H groups in total. The molecule has 16 atom stereocenters. The van der Waals surface area contributed by atoms with Gasteiger partial charge in [0.25, 0.3) is 17.1 Å². The van der Waals surface area contributed by atoms with Gasteiger partial charge in [-0.25, -0.2) is 42.6 Å². The molecule has 1 amide bonds. The number of H-pyrrole nitrogens is 2. The topological polar surface area (TPSA) is 528 Å². The highest BCUT2D eigenvalue weighted by Crippen LogP contribution is 2.68. The Morgan fingerprint density at radius 1 is 0.797 bits per heavy atom. The molecule has 38 nitrogen and oxygen atoms in total. The van der Waals surface area contributed by atoms with Crippen molar-refractivity contribution in [1.82, 2.24) is 48.5 Å². The minimum absolute atomic E-state index is 0.000828. The molecule has 5 aromatic heterocycles. The third kappa shape index (κ3) is 13.0. The number of carbonyl (C=O) groups is 1. The Morgan fingerprint density at radius 2 is 1.43 bits per heavy atom. The van der Waals surface area contributed by atoms with Crippen molar-refractivity contribution in [2.75, 3.05) is 51.5 Å². The molecule has 5 aromatic rings. The largest absolute Gasteiger partial charge is 0.490 e. The molecule has 0 bridgehead atoms. The number of aryl methyl sites for hydroxylation is 1. The highest BCUT2D eigenvalue weighted by atomic mass is 31.3. The van der Waals surface area contributed by atoms with Crippen molar-refractivity contribution >= 4 is 71.3 Å². The van der Waals surface area contributed by atoms with E-state index in [1.807, 2.05) is 4.98 Å². The van der Waals surface area contributed by atoms with E-state index in [0.29, 0.717) is 0 Å². The van der Waals surface area contributed by atoms with Gasteiger partial charge in [-0.05, 0) is 13.8 Å². The molecule has 436 valence electrons. The number of nitrogen functional groups attached to an aromatic ring is 2. The number of phosphoric ester groups is 3. The van der Waals surface area contributed by atoms with Crippen molar-refractivity contribution in [3.05, 3.63) is 62.4 Å². The normalized spacial score (nSPS) is 29.4. The Bertz CT molecular complexity index is 3450. The summed E-state index contributed by atoms with van der Waals surface area (Å²) < 4.78 is 110. The van der Waals surface area contributed by atoms with Gasteiger partial charge in [0.1, 0.15) is 54.6 Å². The molecule has 0 aromatic carbocycles. The molecule has 0 saturated carbocycles. The van der Waals surface area contributed by atoms with Crippen LogP contribution in [0.4, 0.5) is 11.8 Å². The summed E-state index contributed by atoms with van der Waals surface area (Å²) in [6, 6.07) is 0.922. The lowest BCUT2D eigenvalue weighted by molar-refractivity contribution is -0.745. The maximum absolute atomic E-state index is 13.6. The van der Waals surface area contributed by atoms with Crippen LogP contribution in [-0.2, 0) is 75.8 Å². The maximum atomic E-state index is 13.6. The molecule has 3 saturated heterocycles. The first-order valence-electron chi connectivity index (χ1n) is 23.2. The molecule has 0 radical (unpaired) electrons. The third-order valence-electron chi connectivity index (χ3n) is 12.7. The second kappa shape index (κ2) is 23.4. The minimum atomic E-state index is -6.24. The predicted molar refractivity (Wildman–Crippen MR) is 258 cm³/mol. The van der Waals surface area contributed by atoms with E-state index < -0.39 is 154 Å². The van der Waals surface area contributed by atoms with E-state index in [1.165, 1.54) is 32.0 Å². The fourth-order valence-corrected chi connectivity index (χ4v) is 13.5. The van der Waals surface area contributed by atoms with Crippen LogP contribution in [0, 0.1) is 5.92 Å². The quantitative estimate of drug-likeness (QED) is 0.0225. The molecule has 3 aliphatic heterocycles. The van der Waals surface area contributed by atoms with Crippen LogP contribution in [0.15, 0.2) is 45.6 Å². The summed E-state index contributed by atoms with van der Waals surface area (Å²) in [6.07, 6.45) is -14.3. The molecule has 42 heteroatoms. The van der Waals surface area contributed by atoms with Crippen LogP contribution in [0.5, 0.6) is 0 Å². The molecule has 3 aliphatic rings. The van der Waals surface area contributed by atoms with Gasteiger partial charge in [0.2, 0.25) is 17.7 Å². The standard InChI is InChI=1S/C37H53N13O25P4/c1-5-47(6-2)21(52)9-16-17(70-33(24(16)53)50-15-46(3)23-31(50)44-36(39)45-32(23)56)10-68-77(60,61)74-79(64,65)75-78(62,63)69-12-19-27(28(66-4)35(72-19)49-14-42-22-29(38)40-13-41-30(22)49)73-76(58,59)67-11-18-25(54)26(55)34(71-18)48-8-7-20(51)43-37(48)57/h7-8,13-19,24-28,33-35,53-55H,5-6,9-12H2,1-4H3,(H9-,38,39,40,41,43,44,45,51,56,57,58,59,60,61,62,63,64,65)/p+1/t16-,17-,18-,19?,24-,25-,26-,27-,28-,33?,34-,35-/m1/s1. The molecule has 0 spiro atoms. The van der Waals surface area contributed by atoms with Crippen LogP contribution in [0.1, 0.15) is 39.0 Å². The number of carbonyl (C=O) groups excluding carboxylic acids is 1. The summed E-state index contributed by atoms with van der Waals surface area (Å²) in [7, 11) is -21.0. The summed E-state index contributed by atoms with van der Waals surface area (Å²) in [5.41, 5.74) is 9.20. The number of hydrogen-bond acceptors (Lipinski definition) is 27. The average molecular weight is 1200 g/mol. The zero-order valence-corrected chi connectivity index (χ0v) is 45.1. The SMILES string of the molecule is CCN(CC)C(=O)C[C@@H]1[C@@H](COP(=O)(O)OP(=O)(O)OP(=O)(O)OCC2O[C@@H](n3cnc4c(N)ncnc43)[C@H](OC)[C@@H]2OP(=O)(O)OC[C@H]2O[C@@H](n3ccc(=O)[nH]c3=O)[C@H](O)[C@@H]2O)OC([n+]2cn(C)c3c(=O)[nH]c(N)nc32)[C@@H]1O. The van der Waals surface area contributed by atoms with Crippen LogP contribution in [-0.4, -0.2) is 178 Å². The Morgan fingerprint density at radius 3 is 2.08 bits per heavy atom. The number of nitrogens with one attached hydrogen (secondary N) is 2. The first-order valence-corrected chi connectivity index (χ1v) is 29.2. The third-order valence-corrected chi connectivity index (χ3v) is 17.9. The Kier molecular flexibility index (Phi) is 17.8. The van der Waals surface area contributed by atoms with E-state index in [1.54, 1.807) is 13.8 Å². The average Bonchev–Trinajstić information content (AvgIpc) is 4.17. The second-order valence-electron chi connectivity index (χ2n) is 17.7. The maximum Gasteiger partial charge on any atom is 0.490 e. The fraction of sp³-hybridized carbons (Fsp3) is 0.595. The number of aliphatic hydroxyl groups excluding tert-OH is 3. The number of nitrogens with zero attached hydrogens (tertiary/aromatic N) is 9. The van der Waals surface area contributed by atoms with E-state index in [2.05, 4.69) is 33.5 Å². The number of ether oxygens (including phenoxy) is 4. The number of fused-ring (bicyclic) bond motifs is 2. The monoisotopic (exact) mass is 1200 g/mol. The molecular formula is C37H54N13O25P4+. The number of hydrogen-bond donors (Lipinski definition) is 11. The van der Waals surface area contributed by atoms with E-state index in [-0.39, 0.29) is 47.2 Å². The molecule has 79 heavy (non-hydrogen) atoms. The van der Waals surface area contributed by atoms with E-state index >= 15 is 0 Å². The lowest BCUT2D eigenvalue weighted by atomic mass is 9.93. The summed E-state index contributed by atoms with van der Waals surface area (Å²) in [6.45, 7) is 0.545. The van der Waals surface area contributed by atoms with Crippen molar-refractivity contribution in [1.29, 1.82) is 0 Å². The van der Waals surface area contributed by atoms with Crippen molar-refractivity contribution < 1.29 is 108 Å². The van der Waals surface area contributed by atoms with Gasteiger partial charge in [0.05, 0.1) is 39.3 Å². The van der Waals surface area contributed by atoms with Gasteiger partial charge in [-0.2, -0.15) is 8.62 Å².